The number of fused-ring (bicyclic) bond motifs is 1. The van der Waals surface area contributed by atoms with Crippen molar-refractivity contribution in [1.29, 1.82) is 0 Å². The molecule has 0 unspecified atom stereocenters. The van der Waals surface area contributed by atoms with Crippen LogP contribution in [0.25, 0.3) is 10.9 Å². The third kappa shape index (κ3) is 3.71. The molecule has 1 N–H and O–H groups in total. The second kappa shape index (κ2) is 7.47. The van der Waals surface area contributed by atoms with Crippen LogP contribution in [-0.4, -0.2) is 34.6 Å². The first kappa shape index (κ1) is 15.8. The number of piperidine rings is 1. The summed E-state index contributed by atoms with van der Waals surface area (Å²) in [5.41, 5.74) is 2.07. The zero-order valence-electron chi connectivity index (χ0n) is 14.4. The van der Waals surface area contributed by atoms with Crippen LogP contribution >= 0.6 is 0 Å². The van der Waals surface area contributed by atoms with Gasteiger partial charge in [0.2, 0.25) is 5.95 Å². The number of aromatic nitrogens is 3. The van der Waals surface area contributed by atoms with E-state index in [1.54, 1.807) is 0 Å². The van der Waals surface area contributed by atoms with Crippen LogP contribution in [0.4, 0.5) is 11.8 Å². The Morgan fingerprint density at radius 3 is 2.60 bits per heavy atom. The lowest BCUT2D eigenvalue weighted by Gasteiger charge is -2.28. The topological polar surface area (TPSA) is 53.9 Å². The molecule has 3 heterocycles. The zero-order valence-corrected chi connectivity index (χ0v) is 14.4. The summed E-state index contributed by atoms with van der Waals surface area (Å²) in [4.78, 5) is 16.3. The number of para-hydroxylation sites is 1. The van der Waals surface area contributed by atoms with E-state index in [1.165, 1.54) is 19.3 Å². The van der Waals surface area contributed by atoms with Gasteiger partial charge in [-0.2, -0.15) is 4.98 Å². The highest BCUT2D eigenvalue weighted by molar-refractivity contribution is 5.90. The quantitative estimate of drug-likeness (QED) is 0.772. The van der Waals surface area contributed by atoms with Crippen molar-refractivity contribution in [3.05, 3.63) is 54.4 Å². The monoisotopic (exact) mass is 333 g/mol. The van der Waals surface area contributed by atoms with Crippen molar-refractivity contribution in [2.24, 2.45) is 0 Å². The largest absolute Gasteiger partial charge is 0.356 e. The fourth-order valence-electron chi connectivity index (χ4n) is 3.33. The third-order valence-corrected chi connectivity index (χ3v) is 4.63. The molecule has 1 fully saturated rings. The molecule has 5 nitrogen and oxygen atoms in total. The molecule has 0 amide bonds. The van der Waals surface area contributed by atoms with Gasteiger partial charge >= 0.3 is 0 Å². The molecule has 1 saturated heterocycles. The fourth-order valence-corrected chi connectivity index (χ4v) is 3.33. The third-order valence-electron chi connectivity index (χ3n) is 4.63. The average Bonchev–Trinajstić information content (AvgIpc) is 2.69. The maximum atomic E-state index is 4.84. The summed E-state index contributed by atoms with van der Waals surface area (Å²) in [5, 5.41) is 4.51. The molecule has 0 atom stereocenters. The standard InChI is InChI=1S/C20H23N5/c1-6-14-25(15-7-1)19-17-9-2-3-10-18(17)23-20(24-19)22-13-11-16-8-4-5-12-21-16/h2-5,8-10,12H,1,6-7,11,13-15H2,(H,22,23,24). The normalized spacial score (nSPS) is 14.6. The first-order valence-corrected chi connectivity index (χ1v) is 9.06. The van der Waals surface area contributed by atoms with Crippen molar-refractivity contribution in [3.63, 3.8) is 0 Å². The van der Waals surface area contributed by atoms with Gasteiger partial charge in [0.15, 0.2) is 0 Å². The highest BCUT2D eigenvalue weighted by Crippen LogP contribution is 2.27. The Bertz CT molecular complexity index is 828. The zero-order chi connectivity index (χ0) is 16.9. The number of nitrogens with one attached hydrogen (secondary N) is 1. The van der Waals surface area contributed by atoms with Crippen LogP contribution < -0.4 is 10.2 Å². The van der Waals surface area contributed by atoms with Crippen molar-refractivity contribution in [2.75, 3.05) is 29.9 Å². The lowest BCUT2D eigenvalue weighted by atomic mass is 10.1. The lowest BCUT2D eigenvalue weighted by Crippen LogP contribution is -2.30. The van der Waals surface area contributed by atoms with Crippen LogP contribution in [0.2, 0.25) is 0 Å². The summed E-state index contributed by atoms with van der Waals surface area (Å²) in [5.74, 6) is 1.76. The van der Waals surface area contributed by atoms with Gasteiger partial charge in [-0.15, -0.1) is 0 Å². The van der Waals surface area contributed by atoms with Crippen molar-refractivity contribution in [2.45, 2.75) is 25.7 Å². The van der Waals surface area contributed by atoms with Crippen LogP contribution in [0.1, 0.15) is 25.0 Å². The van der Waals surface area contributed by atoms with Gasteiger partial charge in [-0.05, 0) is 43.5 Å². The van der Waals surface area contributed by atoms with E-state index >= 15 is 0 Å². The lowest BCUT2D eigenvalue weighted by molar-refractivity contribution is 0.574. The number of hydrogen-bond acceptors (Lipinski definition) is 5. The van der Waals surface area contributed by atoms with Gasteiger partial charge < -0.3 is 10.2 Å². The number of rotatable bonds is 5. The first-order chi connectivity index (χ1) is 12.4. The average molecular weight is 333 g/mol. The van der Waals surface area contributed by atoms with E-state index in [2.05, 4.69) is 33.4 Å². The van der Waals surface area contributed by atoms with Gasteiger partial charge in [0.25, 0.3) is 0 Å². The Morgan fingerprint density at radius 1 is 0.920 bits per heavy atom. The number of anilines is 2. The van der Waals surface area contributed by atoms with Crippen LogP contribution in [-0.2, 0) is 6.42 Å². The van der Waals surface area contributed by atoms with Gasteiger partial charge in [-0.3, -0.25) is 4.98 Å². The van der Waals surface area contributed by atoms with Crippen molar-refractivity contribution >= 4 is 22.7 Å². The Morgan fingerprint density at radius 2 is 1.76 bits per heavy atom. The molecular weight excluding hydrogens is 310 g/mol. The van der Waals surface area contributed by atoms with Crippen LogP contribution in [0.3, 0.4) is 0 Å². The molecule has 4 rings (SSSR count). The molecule has 1 aliphatic heterocycles. The van der Waals surface area contributed by atoms with E-state index in [0.29, 0.717) is 5.95 Å². The summed E-state index contributed by atoms with van der Waals surface area (Å²) < 4.78 is 0. The highest BCUT2D eigenvalue weighted by Gasteiger charge is 2.16. The molecule has 1 aromatic carbocycles. The van der Waals surface area contributed by atoms with E-state index < -0.39 is 0 Å². The second-order valence-corrected chi connectivity index (χ2v) is 6.43. The minimum atomic E-state index is 0.704. The van der Waals surface area contributed by atoms with Crippen molar-refractivity contribution in [3.8, 4) is 0 Å². The van der Waals surface area contributed by atoms with Gasteiger partial charge in [-0.25, -0.2) is 4.98 Å². The molecule has 1 aliphatic rings. The fraction of sp³-hybridized carbons (Fsp3) is 0.350. The van der Waals surface area contributed by atoms with Gasteiger partial charge in [0.05, 0.1) is 5.52 Å². The minimum Gasteiger partial charge on any atom is -0.356 e. The highest BCUT2D eigenvalue weighted by atomic mass is 15.2. The molecule has 0 aliphatic carbocycles. The molecule has 128 valence electrons. The van der Waals surface area contributed by atoms with Crippen LogP contribution in [0.5, 0.6) is 0 Å². The Balaban J connectivity index is 1.56. The van der Waals surface area contributed by atoms with Crippen molar-refractivity contribution < 1.29 is 0 Å². The summed E-state index contributed by atoms with van der Waals surface area (Å²) in [7, 11) is 0. The number of hydrogen-bond donors (Lipinski definition) is 1. The SMILES string of the molecule is c1ccc(CCNc2nc(N3CCCCC3)c3ccccc3n2)nc1. The van der Waals surface area contributed by atoms with Crippen LogP contribution in [0.15, 0.2) is 48.7 Å². The Kier molecular flexibility index (Phi) is 4.72. The van der Waals surface area contributed by atoms with E-state index in [0.717, 1.165) is 48.5 Å². The molecule has 0 bridgehead atoms. The Labute approximate surface area is 148 Å². The summed E-state index contributed by atoms with van der Waals surface area (Å²) in [6.45, 7) is 2.93. The number of nitrogens with zero attached hydrogens (tertiary/aromatic N) is 4. The molecule has 5 heteroatoms. The first-order valence-electron chi connectivity index (χ1n) is 9.06. The maximum Gasteiger partial charge on any atom is 0.225 e. The molecular formula is C20H23N5. The summed E-state index contributed by atoms with van der Waals surface area (Å²) >= 11 is 0. The van der Waals surface area contributed by atoms with Gasteiger partial charge in [0.1, 0.15) is 5.82 Å². The van der Waals surface area contributed by atoms with Crippen molar-refractivity contribution in [1.82, 2.24) is 15.0 Å². The molecule has 3 aromatic rings. The second-order valence-electron chi connectivity index (χ2n) is 6.43. The smallest absolute Gasteiger partial charge is 0.225 e. The van der Waals surface area contributed by atoms with E-state index in [4.69, 9.17) is 9.97 Å². The van der Waals surface area contributed by atoms with E-state index in [1.807, 2.05) is 30.5 Å². The predicted octanol–water partition coefficient (Wildman–Crippen LogP) is 3.67. The maximum absolute atomic E-state index is 4.84. The number of pyridine rings is 1. The molecule has 0 saturated carbocycles. The molecule has 25 heavy (non-hydrogen) atoms. The van der Waals surface area contributed by atoms with Crippen LogP contribution in [0, 0.1) is 0 Å². The molecule has 0 radical (unpaired) electrons. The predicted molar refractivity (Wildman–Crippen MR) is 102 cm³/mol. The Hall–Kier alpha value is -2.69. The van der Waals surface area contributed by atoms with Gasteiger partial charge in [-0.1, -0.05) is 18.2 Å². The summed E-state index contributed by atoms with van der Waals surface area (Å²) in [6.07, 6.45) is 6.47. The minimum absolute atomic E-state index is 0.704. The number of benzene rings is 1. The summed E-state index contributed by atoms with van der Waals surface area (Å²) in [6, 6.07) is 14.3. The van der Waals surface area contributed by atoms with Gasteiger partial charge in [0, 0.05) is 43.3 Å². The molecule has 0 spiro atoms. The van der Waals surface area contributed by atoms with E-state index in [-0.39, 0.29) is 0 Å². The molecule has 2 aromatic heterocycles. The van der Waals surface area contributed by atoms with E-state index in [9.17, 15) is 0 Å².